The number of carbonyl (C=O) groups is 1. The summed E-state index contributed by atoms with van der Waals surface area (Å²) < 4.78 is 30.3. The van der Waals surface area contributed by atoms with Crippen LogP contribution in [0.4, 0.5) is 5.69 Å². The minimum absolute atomic E-state index is 0.251. The lowest BCUT2D eigenvalue weighted by Gasteiger charge is -2.13. The van der Waals surface area contributed by atoms with Crippen LogP contribution in [0.5, 0.6) is 0 Å². The van der Waals surface area contributed by atoms with E-state index in [1.165, 1.54) is 11.3 Å². The van der Waals surface area contributed by atoms with Crippen LogP contribution >= 0.6 is 22.9 Å². The van der Waals surface area contributed by atoms with Crippen molar-refractivity contribution in [2.75, 3.05) is 4.72 Å². The number of anilines is 1. The molecule has 1 aromatic heterocycles. The molecule has 2 N–H and O–H groups in total. The summed E-state index contributed by atoms with van der Waals surface area (Å²) in [4.78, 5) is 11.5. The molecule has 0 aliphatic heterocycles. The third-order valence-electron chi connectivity index (χ3n) is 5.27. The Morgan fingerprint density at radius 1 is 1.00 bits per heavy atom. The highest BCUT2D eigenvalue weighted by molar-refractivity contribution is 7.94. The standard InChI is InChI=1S/C24H20ClNO4S2/c1-15-20-14-18(25)12-13-22(20)31-24(15)32(29,30)26-21-9-5-3-7-17(21)11-10-16-6-2-4-8-19(16)23(27)28/h2-9,12-14,26H,10-11H2,1H3,(H,27,28). The number of fused-ring (bicyclic) bond motifs is 1. The molecule has 0 amide bonds. The summed E-state index contributed by atoms with van der Waals surface area (Å²) >= 11 is 7.29. The second-order valence-corrected chi connectivity index (χ2v) is 10.7. The number of hydrogen-bond acceptors (Lipinski definition) is 4. The van der Waals surface area contributed by atoms with Gasteiger partial charge in [0.2, 0.25) is 0 Å². The Kier molecular flexibility index (Phi) is 6.24. The summed E-state index contributed by atoms with van der Waals surface area (Å²) in [7, 11) is -3.81. The Bertz CT molecular complexity index is 1430. The monoisotopic (exact) mass is 485 g/mol. The molecule has 0 aliphatic rings. The number of sulfonamides is 1. The number of nitrogens with one attached hydrogen (secondary N) is 1. The molecule has 0 radical (unpaired) electrons. The van der Waals surface area contributed by atoms with E-state index < -0.39 is 16.0 Å². The van der Waals surface area contributed by atoms with Gasteiger partial charge in [-0.25, -0.2) is 13.2 Å². The number of carboxylic acids is 1. The number of rotatable bonds is 7. The van der Waals surface area contributed by atoms with Crippen LogP contribution in [0.15, 0.2) is 70.9 Å². The van der Waals surface area contributed by atoms with Crippen molar-refractivity contribution >= 4 is 54.7 Å². The number of halogens is 1. The Labute approximate surface area is 195 Å². The molecule has 164 valence electrons. The second kappa shape index (κ2) is 8.94. The van der Waals surface area contributed by atoms with Crippen molar-refractivity contribution in [2.45, 2.75) is 24.0 Å². The number of para-hydroxylation sites is 1. The van der Waals surface area contributed by atoms with E-state index in [9.17, 15) is 18.3 Å². The number of aromatic carboxylic acids is 1. The van der Waals surface area contributed by atoms with E-state index in [1.54, 1.807) is 55.5 Å². The van der Waals surface area contributed by atoms with Crippen LogP contribution in [0.25, 0.3) is 10.1 Å². The molecule has 0 aliphatic carbocycles. The van der Waals surface area contributed by atoms with E-state index in [4.69, 9.17) is 11.6 Å². The fourth-order valence-electron chi connectivity index (χ4n) is 3.67. The van der Waals surface area contributed by atoms with E-state index in [0.717, 1.165) is 15.6 Å². The van der Waals surface area contributed by atoms with Crippen LogP contribution in [0, 0.1) is 6.92 Å². The lowest BCUT2D eigenvalue weighted by atomic mass is 9.99. The van der Waals surface area contributed by atoms with E-state index in [1.807, 2.05) is 18.2 Å². The van der Waals surface area contributed by atoms with Crippen molar-refractivity contribution in [3.05, 3.63) is 94.0 Å². The summed E-state index contributed by atoms with van der Waals surface area (Å²) in [6, 6.07) is 19.3. The van der Waals surface area contributed by atoms with Gasteiger partial charge in [-0.2, -0.15) is 0 Å². The first kappa shape index (κ1) is 22.3. The van der Waals surface area contributed by atoms with Crippen molar-refractivity contribution in [2.24, 2.45) is 0 Å². The molecule has 4 aromatic rings. The highest BCUT2D eigenvalue weighted by Crippen LogP contribution is 2.36. The summed E-state index contributed by atoms with van der Waals surface area (Å²) in [6.07, 6.45) is 0.964. The maximum Gasteiger partial charge on any atom is 0.335 e. The third kappa shape index (κ3) is 4.50. The molecule has 8 heteroatoms. The van der Waals surface area contributed by atoms with Crippen molar-refractivity contribution in [1.82, 2.24) is 0 Å². The van der Waals surface area contributed by atoms with Crippen molar-refractivity contribution in [3.8, 4) is 0 Å². The maximum atomic E-state index is 13.2. The minimum Gasteiger partial charge on any atom is -0.478 e. The lowest BCUT2D eigenvalue weighted by molar-refractivity contribution is 0.0695. The molecule has 0 atom stereocenters. The van der Waals surface area contributed by atoms with Gasteiger partial charge in [-0.3, -0.25) is 4.72 Å². The van der Waals surface area contributed by atoms with E-state index in [-0.39, 0.29) is 9.77 Å². The van der Waals surface area contributed by atoms with Gasteiger partial charge in [0, 0.05) is 9.72 Å². The molecule has 0 fully saturated rings. The third-order valence-corrected chi connectivity index (χ3v) is 8.77. The fourth-order valence-corrected chi connectivity index (χ4v) is 6.69. The molecule has 0 saturated heterocycles. The zero-order valence-corrected chi connectivity index (χ0v) is 19.5. The summed E-state index contributed by atoms with van der Waals surface area (Å²) in [5, 5.41) is 10.8. The predicted molar refractivity (Wildman–Crippen MR) is 130 cm³/mol. The van der Waals surface area contributed by atoms with Gasteiger partial charge >= 0.3 is 5.97 Å². The number of benzene rings is 3. The first-order valence-corrected chi connectivity index (χ1v) is 12.5. The molecule has 4 rings (SSSR count). The van der Waals surface area contributed by atoms with E-state index >= 15 is 0 Å². The molecule has 3 aromatic carbocycles. The Morgan fingerprint density at radius 2 is 1.66 bits per heavy atom. The number of carboxylic acid groups (broad SMARTS) is 1. The number of aryl methyl sites for hydroxylation is 3. The first-order chi connectivity index (χ1) is 15.3. The molecule has 1 heterocycles. The van der Waals surface area contributed by atoms with Gasteiger partial charge < -0.3 is 5.11 Å². The zero-order valence-electron chi connectivity index (χ0n) is 17.1. The van der Waals surface area contributed by atoms with Crippen LogP contribution in [0.2, 0.25) is 5.02 Å². The number of hydrogen-bond donors (Lipinski definition) is 2. The molecular formula is C24H20ClNO4S2. The zero-order chi connectivity index (χ0) is 22.9. The van der Waals surface area contributed by atoms with Gasteiger partial charge in [0.25, 0.3) is 10.0 Å². The molecule has 0 bridgehead atoms. The fraction of sp³-hybridized carbons (Fsp3) is 0.125. The molecule has 32 heavy (non-hydrogen) atoms. The van der Waals surface area contributed by atoms with Crippen LogP contribution in [-0.4, -0.2) is 19.5 Å². The highest BCUT2D eigenvalue weighted by atomic mass is 35.5. The summed E-state index contributed by atoms with van der Waals surface area (Å²) in [5.74, 6) is -0.977. The molecule has 5 nitrogen and oxygen atoms in total. The van der Waals surface area contributed by atoms with Crippen molar-refractivity contribution < 1.29 is 18.3 Å². The lowest BCUT2D eigenvalue weighted by Crippen LogP contribution is -2.14. The smallest absolute Gasteiger partial charge is 0.335 e. The quantitative estimate of drug-likeness (QED) is 0.329. The summed E-state index contributed by atoms with van der Waals surface area (Å²) in [6.45, 7) is 1.78. The SMILES string of the molecule is Cc1c(S(=O)(=O)Nc2ccccc2CCc2ccccc2C(=O)O)sc2ccc(Cl)cc12. The Morgan fingerprint density at radius 3 is 2.41 bits per heavy atom. The average Bonchev–Trinajstić information content (AvgIpc) is 3.10. The van der Waals surface area contributed by atoms with Crippen LogP contribution in [0.3, 0.4) is 0 Å². The van der Waals surface area contributed by atoms with E-state index in [0.29, 0.717) is 34.7 Å². The Hall–Kier alpha value is -2.87. The first-order valence-electron chi connectivity index (χ1n) is 9.87. The molecule has 0 spiro atoms. The molecule has 0 saturated carbocycles. The predicted octanol–water partition coefficient (Wildman–Crippen LogP) is 6.15. The molecular weight excluding hydrogens is 466 g/mol. The van der Waals surface area contributed by atoms with Gasteiger partial charge in [-0.1, -0.05) is 48.0 Å². The number of thiophene rings is 1. The van der Waals surface area contributed by atoms with Gasteiger partial charge in [-0.05, 0) is 72.2 Å². The van der Waals surface area contributed by atoms with Gasteiger partial charge in [-0.15, -0.1) is 11.3 Å². The van der Waals surface area contributed by atoms with Crippen LogP contribution in [-0.2, 0) is 22.9 Å². The van der Waals surface area contributed by atoms with Gasteiger partial charge in [0.05, 0.1) is 11.3 Å². The van der Waals surface area contributed by atoms with Crippen molar-refractivity contribution in [1.29, 1.82) is 0 Å². The highest BCUT2D eigenvalue weighted by Gasteiger charge is 2.23. The van der Waals surface area contributed by atoms with Crippen LogP contribution in [0.1, 0.15) is 27.0 Å². The van der Waals surface area contributed by atoms with Gasteiger partial charge in [0.15, 0.2) is 0 Å². The topological polar surface area (TPSA) is 83.5 Å². The maximum absolute atomic E-state index is 13.2. The van der Waals surface area contributed by atoms with E-state index in [2.05, 4.69) is 4.72 Å². The largest absolute Gasteiger partial charge is 0.478 e. The average molecular weight is 486 g/mol. The van der Waals surface area contributed by atoms with Crippen molar-refractivity contribution in [3.63, 3.8) is 0 Å². The van der Waals surface area contributed by atoms with Gasteiger partial charge in [0.1, 0.15) is 4.21 Å². The van der Waals surface area contributed by atoms with Crippen LogP contribution < -0.4 is 4.72 Å². The molecule has 0 unspecified atom stereocenters. The normalized spacial score (nSPS) is 11.6. The minimum atomic E-state index is -3.81. The Balaban J connectivity index is 1.62. The summed E-state index contributed by atoms with van der Waals surface area (Å²) in [5.41, 5.74) is 2.89. The second-order valence-electron chi connectivity index (χ2n) is 7.38.